The molecular formula is C11H14N4. The van der Waals surface area contributed by atoms with Crippen molar-refractivity contribution < 1.29 is 0 Å². The van der Waals surface area contributed by atoms with E-state index < -0.39 is 0 Å². The van der Waals surface area contributed by atoms with Crippen LogP contribution in [-0.4, -0.2) is 21.3 Å². The number of hydrogen-bond donors (Lipinski definition) is 1. The van der Waals surface area contributed by atoms with Crippen molar-refractivity contribution in [1.29, 1.82) is 0 Å². The van der Waals surface area contributed by atoms with E-state index in [1.54, 1.807) is 6.20 Å². The second-order valence-electron chi connectivity index (χ2n) is 3.24. The van der Waals surface area contributed by atoms with Crippen LogP contribution in [0.2, 0.25) is 0 Å². The summed E-state index contributed by atoms with van der Waals surface area (Å²) in [5.74, 6) is 0. The minimum atomic E-state index is 0.797. The van der Waals surface area contributed by atoms with E-state index >= 15 is 0 Å². The van der Waals surface area contributed by atoms with Crippen LogP contribution in [-0.2, 0) is 6.54 Å². The maximum atomic E-state index is 4.28. The van der Waals surface area contributed by atoms with Crippen molar-refractivity contribution >= 4 is 0 Å². The van der Waals surface area contributed by atoms with Crippen molar-refractivity contribution in [3.63, 3.8) is 0 Å². The maximum absolute atomic E-state index is 4.28. The number of aromatic nitrogens is 3. The standard InChI is InChI=1S/C11H14N4/c1-2-12-9-10-8-11(4-6-13-10)15-7-3-5-14-15/h3-8,12H,2,9H2,1H3. The van der Waals surface area contributed by atoms with Gasteiger partial charge in [-0.25, -0.2) is 4.68 Å². The molecule has 2 aromatic rings. The van der Waals surface area contributed by atoms with Gasteiger partial charge in [-0.15, -0.1) is 0 Å². The van der Waals surface area contributed by atoms with E-state index in [4.69, 9.17) is 0 Å². The fourth-order valence-corrected chi connectivity index (χ4v) is 1.38. The lowest BCUT2D eigenvalue weighted by molar-refractivity contribution is 0.708. The van der Waals surface area contributed by atoms with Gasteiger partial charge in [-0.2, -0.15) is 5.10 Å². The molecule has 0 atom stereocenters. The highest BCUT2D eigenvalue weighted by Crippen LogP contribution is 2.06. The predicted octanol–water partition coefficient (Wildman–Crippen LogP) is 1.38. The van der Waals surface area contributed by atoms with Gasteiger partial charge in [0.1, 0.15) is 0 Å². The fourth-order valence-electron chi connectivity index (χ4n) is 1.38. The Bertz CT molecular complexity index is 408. The Hall–Kier alpha value is -1.68. The molecule has 0 aliphatic carbocycles. The van der Waals surface area contributed by atoms with Gasteiger partial charge in [0, 0.05) is 25.1 Å². The van der Waals surface area contributed by atoms with E-state index in [0.717, 1.165) is 24.5 Å². The first-order valence-electron chi connectivity index (χ1n) is 5.06. The first kappa shape index (κ1) is 9.86. The van der Waals surface area contributed by atoms with Gasteiger partial charge in [-0.05, 0) is 24.7 Å². The smallest absolute Gasteiger partial charge is 0.0679 e. The highest BCUT2D eigenvalue weighted by molar-refractivity contribution is 5.30. The lowest BCUT2D eigenvalue weighted by Gasteiger charge is -2.04. The quantitative estimate of drug-likeness (QED) is 0.814. The van der Waals surface area contributed by atoms with Crippen molar-refractivity contribution in [3.05, 3.63) is 42.5 Å². The van der Waals surface area contributed by atoms with Gasteiger partial charge in [-0.3, -0.25) is 4.98 Å². The second-order valence-corrected chi connectivity index (χ2v) is 3.24. The van der Waals surface area contributed by atoms with Crippen molar-refractivity contribution in [3.8, 4) is 5.69 Å². The number of nitrogens with zero attached hydrogens (tertiary/aromatic N) is 3. The number of rotatable bonds is 4. The van der Waals surface area contributed by atoms with Crippen LogP contribution in [0.15, 0.2) is 36.8 Å². The first-order valence-corrected chi connectivity index (χ1v) is 5.06. The summed E-state index contributed by atoms with van der Waals surface area (Å²) in [5, 5.41) is 7.42. The first-order chi connectivity index (χ1) is 7.40. The van der Waals surface area contributed by atoms with Crippen LogP contribution in [0, 0.1) is 0 Å². The number of hydrogen-bond acceptors (Lipinski definition) is 3. The van der Waals surface area contributed by atoms with Crippen LogP contribution in [0.1, 0.15) is 12.6 Å². The van der Waals surface area contributed by atoms with Crippen LogP contribution in [0.25, 0.3) is 5.69 Å². The van der Waals surface area contributed by atoms with Crippen LogP contribution in [0.5, 0.6) is 0 Å². The van der Waals surface area contributed by atoms with Crippen molar-refractivity contribution in [2.24, 2.45) is 0 Å². The topological polar surface area (TPSA) is 42.7 Å². The van der Waals surface area contributed by atoms with Gasteiger partial charge < -0.3 is 5.32 Å². The molecule has 0 amide bonds. The highest BCUT2D eigenvalue weighted by atomic mass is 15.3. The zero-order valence-electron chi connectivity index (χ0n) is 8.72. The Morgan fingerprint density at radius 2 is 2.33 bits per heavy atom. The summed E-state index contributed by atoms with van der Waals surface area (Å²) >= 11 is 0. The molecule has 0 aromatic carbocycles. The molecule has 2 heterocycles. The average molecular weight is 202 g/mol. The molecule has 2 rings (SSSR count). The summed E-state index contributed by atoms with van der Waals surface area (Å²) in [6, 6.07) is 5.89. The highest BCUT2D eigenvalue weighted by Gasteiger charge is 1.98. The van der Waals surface area contributed by atoms with E-state index in [9.17, 15) is 0 Å². The Balaban J connectivity index is 2.19. The third kappa shape index (κ3) is 2.41. The van der Waals surface area contributed by atoms with Crippen molar-refractivity contribution in [2.45, 2.75) is 13.5 Å². The third-order valence-electron chi connectivity index (χ3n) is 2.13. The molecular weight excluding hydrogens is 188 g/mol. The van der Waals surface area contributed by atoms with Crippen LogP contribution in [0.4, 0.5) is 0 Å². The molecule has 2 aromatic heterocycles. The van der Waals surface area contributed by atoms with Gasteiger partial charge in [0.25, 0.3) is 0 Å². The van der Waals surface area contributed by atoms with Gasteiger partial charge >= 0.3 is 0 Å². The Labute approximate surface area is 89.0 Å². The molecule has 0 fully saturated rings. The van der Waals surface area contributed by atoms with Crippen LogP contribution < -0.4 is 5.32 Å². The molecule has 0 aliphatic heterocycles. The van der Waals surface area contributed by atoms with Gasteiger partial charge in [-0.1, -0.05) is 6.92 Å². The van der Waals surface area contributed by atoms with E-state index in [2.05, 4.69) is 22.3 Å². The van der Waals surface area contributed by atoms with E-state index in [0.29, 0.717) is 0 Å². The van der Waals surface area contributed by atoms with Crippen LogP contribution in [0.3, 0.4) is 0 Å². The lowest BCUT2D eigenvalue weighted by Crippen LogP contribution is -2.13. The van der Waals surface area contributed by atoms with Gasteiger partial charge in [0.2, 0.25) is 0 Å². The molecule has 1 N–H and O–H groups in total. The van der Waals surface area contributed by atoms with Crippen LogP contribution >= 0.6 is 0 Å². The zero-order chi connectivity index (χ0) is 10.5. The third-order valence-corrected chi connectivity index (χ3v) is 2.13. The molecule has 0 radical (unpaired) electrons. The lowest BCUT2D eigenvalue weighted by atomic mass is 10.3. The predicted molar refractivity (Wildman–Crippen MR) is 58.7 cm³/mol. The number of pyridine rings is 1. The normalized spacial score (nSPS) is 10.5. The molecule has 0 aliphatic rings. The molecule has 4 heteroatoms. The molecule has 0 unspecified atom stereocenters. The largest absolute Gasteiger partial charge is 0.311 e. The molecule has 15 heavy (non-hydrogen) atoms. The monoisotopic (exact) mass is 202 g/mol. The summed E-state index contributed by atoms with van der Waals surface area (Å²) in [6.45, 7) is 3.83. The fraction of sp³-hybridized carbons (Fsp3) is 0.273. The molecule has 4 nitrogen and oxygen atoms in total. The van der Waals surface area contributed by atoms with Gasteiger partial charge in [0.05, 0.1) is 11.4 Å². The zero-order valence-corrected chi connectivity index (χ0v) is 8.72. The number of nitrogens with one attached hydrogen (secondary N) is 1. The minimum Gasteiger partial charge on any atom is -0.311 e. The molecule has 0 bridgehead atoms. The average Bonchev–Trinajstić information content (AvgIpc) is 2.80. The molecule has 0 saturated carbocycles. The van der Waals surface area contributed by atoms with Gasteiger partial charge in [0.15, 0.2) is 0 Å². The summed E-state index contributed by atoms with van der Waals surface area (Å²) in [6.07, 6.45) is 5.50. The SMILES string of the molecule is CCNCc1cc(-n2cccn2)ccn1. The maximum Gasteiger partial charge on any atom is 0.0679 e. The van der Waals surface area contributed by atoms with E-state index in [1.165, 1.54) is 0 Å². The Morgan fingerprint density at radius 3 is 3.07 bits per heavy atom. The summed E-state index contributed by atoms with van der Waals surface area (Å²) in [7, 11) is 0. The van der Waals surface area contributed by atoms with E-state index in [1.807, 2.05) is 35.3 Å². The summed E-state index contributed by atoms with van der Waals surface area (Å²) < 4.78 is 1.83. The molecule has 78 valence electrons. The Kier molecular flexibility index (Phi) is 3.09. The van der Waals surface area contributed by atoms with Crippen molar-refractivity contribution in [2.75, 3.05) is 6.54 Å². The summed E-state index contributed by atoms with van der Waals surface area (Å²) in [5.41, 5.74) is 2.08. The Morgan fingerprint density at radius 1 is 1.40 bits per heavy atom. The minimum absolute atomic E-state index is 0.797. The van der Waals surface area contributed by atoms with Crippen molar-refractivity contribution in [1.82, 2.24) is 20.1 Å². The molecule has 0 saturated heterocycles. The second kappa shape index (κ2) is 4.70. The molecule has 0 spiro atoms. The summed E-state index contributed by atoms with van der Waals surface area (Å²) in [4.78, 5) is 4.28. The van der Waals surface area contributed by atoms with E-state index in [-0.39, 0.29) is 0 Å².